The van der Waals surface area contributed by atoms with E-state index in [1.807, 2.05) is 30.3 Å². The number of benzene rings is 1. The number of rotatable bonds is 4. The highest BCUT2D eigenvalue weighted by molar-refractivity contribution is 5.98. The summed E-state index contributed by atoms with van der Waals surface area (Å²) in [6.07, 6.45) is 0.633. The summed E-state index contributed by atoms with van der Waals surface area (Å²) >= 11 is 0. The maximum absolute atomic E-state index is 12.8. The van der Waals surface area contributed by atoms with Crippen molar-refractivity contribution in [3.8, 4) is 0 Å². The summed E-state index contributed by atoms with van der Waals surface area (Å²) < 4.78 is 6.44. The zero-order chi connectivity index (χ0) is 18.1. The zero-order valence-electron chi connectivity index (χ0n) is 14.6. The summed E-state index contributed by atoms with van der Waals surface area (Å²) in [5.41, 5.74) is 3.04. The monoisotopic (exact) mass is 352 g/mol. The van der Waals surface area contributed by atoms with Crippen LogP contribution in [0.5, 0.6) is 0 Å². The fourth-order valence-corrected chi connectivity index (χ4v) is 3.31. The summed E-state index contributed by atoms with van der Waals surface area (Å²) in [5, 5.41) is 5.44. The molecule has 0 fully saturated rings. The van der Waals surface area contributed by atoms with Crippen molar-refractivity contribution >= 4 is 16.8 Å². The minimum Gasteiger partial charge on any atom is -0.383 e. The molecule has 0 spiro atoms. The first-order valence-corrected chi connectivity index (χ1v) is 8.61. The maximum atomic E-state index is 12.8. The SMILES string of the molecule is COCCn1nc2c(cc1=O)CN(C(=O)c1cc3ccccc3[nH]1)CC2. The van der Waals surface area contributed by atoms with Gasteiger partial charge in [-0.15, -0.1) is 0 Å². The van der Waals surface area contributed by atoms with Gasteiger partial charge in [0.2, 0.25) is 0 Å². The van der Waals surface area contributed by atoms with Crippen molar-refractivity contribution in [3.05, 3.63) is 63.7 Å². The van der Waals surface area contributed by atoms with Gasteiger partial charge in [0, 0.05) is 49.2 Å². The van der Waals surface area contributed by atoms with Crippen molar-refractivity contribution in [1.82, 2.24) is 19.7 Å². The minimum absolute atomic E-state index is 0.0598. The molecule has 1 N–H and O–H groups in total. The standard InChI is InChI=1S/C19H20N4O3/c1-26-9-8-23-18(24)11-14-12-22(7-6-16(14)21-23)19(25)17-10-13-4-2-3-5-15(13)20-17/h2-5,10-11,20H,6-9,12H2,1H3. The van der Waals surface area contributed by atoms with E-state index in [4.69, 9.17) is 4.74 Å². The number of H-pyrrole nitrogens is 1. The van der Waals surface area contributed by atoms with Gasteiger partial charge in [0.25, 0.3) is 11.5 Å². The predicted molar refractivity (Wildman–Crippen MR) is 97.1 cm³/mol. The number of hydrogen-bond acceptors (Lipinski definition) is 4. The van der Waals surface area contributed by atoms with Crippen LogP contribution in [-0.2, 0) is 24.2 Å². The first-order chi connectivity index (χ1) is 12.7. The smallest absolute Gasteiger partial charge is 0.270 e. The Hall–Kier alpha value is -2.93. The van der Waals surface area contributed by atoms with E-state index in [0.717, 1.165) is 22.2 Å². The van der Waals surface area contributed by atoms with Crippen LogP contribution in [0.2, 0.25) is 0 Å². The Morgan fingerprint density at radius 1 is 1.31 bits per heavy atom. The number of fused-ring (bicyclic) bond motifs is 2. The van der Waals surface area contributed by atoms with Crippen LogP contribution in [0.3, 0.4) is 0 Å². The Balaban J connectivity index is 1.57. The molecule has 2 aromatic heterocycles. The van der Waals surface area contributed by atoms with Gasteiger partial charge in [-0.2, -0.15) is 5.10 Å². The first-order valence-electron chi connectivity index (χ1n) is 8.61. The molecule has 0 unspecified atom stereocenters. The summed E-state index contributed by atoms with van der Waals surface area (Å²) in [6.45, 7) is 1.85. The van der Waals surface area contributed by atoms with E-state index < -0.39 is 0 Å². The number of ether oxygens (including phenoxy) is 1. The fourth-order valence-electron chi connectivity index (χ4n) is 3.31. The van der Waals surface area contributed by atoms with Crippen LogP contribution in [-0.4, -0.2) is 45.8 Å². The first kappa shape index (κ1) is 16.5. The average Bonchev–Trinajstić information content (AvgIpc) is 3.09. The number of methoxy groups -OCH3 is 1. The largest absolute Gasteiger partial charge is 0.383 e. The number of aromatic nitrogens is 3. The van der Waals surface area contributed by atoms with Crippen molar-refractivity contribution in [3.63, 3.8) is 0 Å². The molecule has 0 saturated heterocycles. The van der Waals surface area contributed by atoms with Crippen molar-refractivity contribution in [2.75, 3.05) is 20.3 Å². The Morgan fingerprint density at radius 2 is 2.15 bits per heavy atom. The number of amides is 1. The maximum Gasteiger partial charge on any atom is 0.270 e. The molecule has 0 saturated carbocycles. The summed E-state index contributed by atoms with van der Waals surface area (Å²) in [7, 11) is 1.59. The van der Waals surface area contributed by atoms with Crippen LogP contribution in [0.1, 0.15) is 21.7 Å². The topological polar surface area (TPSA) is 80.2 Å². The molecule has 1 amide bonds. The second kappa shape index (κ2) is 6.76. The number of carbonyl (C=O) groups is 1. The molecular formula is C19H20N4O3. The van der Waals surface area contributed by atoms with Gasteiger partial charge in [0.15, 0.2) is 0 Å². The molecule has 1 aliphatic rings. The lowest BCUT2D eigenvalue weighted by atomic mass is 10.1. The zero-order valence-corrected chi connectivity index (χ0v) is 14.6. The number of hydrogen-bond donors (Lipinski definition) is 1. The molecular weight excluding hydrogens is 332 g/mol. The average molecular weight is 352 g/mol. The second-order valence-electron chi connectivity index (χ2n) is 6.42. The van der Waals surface area contributed by atoms with Crippen molar-refractivity contribution in [2.45, 2.75) is 19.5 Å². The molecule has 3 heterocycles. The summed E-state index contributed by atoms with van der Waals surface area (Å²) in [4.78, 5) is 30.0. The Bertz CT molecular complexity index is 988. The number of aromatic amines is 1. The van der Waals surface area contributed by atoms with Gasteiger partial charge in [-0.1, -0.05) is 18.2 Å². The van der Waals surface area contributed by atoms with Crippen LogP contribution in [0.15, 0.2) is 41.2 Å². The quantitative estimate of drug-likeness (QED) is 0.773. The highest BCUT2D eigenvalue weighted by Crippen LogP contribution is 2.20. The van der Waals surface area contributed by atoms with Crippen molar-refractivity contribution in [2.24, 2.45) is 0 Å². The molecule has 7 heteroatoms. The lowest BCUT2D eigenvalue weighted by Crippen LogP contribution is -2.38. The molecule has 3 aromatic rings. The summed E-state index contributed by atoms with van der Waals surface area (Å²) in [6, 6.07) is 11.3. The van der Waals surface area contributed by atoms with Crippen LogP contribution in [0.25, 0.3) is 10.9 Å². The van der Waals surface area contributed by atoms with Crippen LogP contribution >= 0.6 is 0 Å². The lowest BCUT2D eigenvalue weighted by molar-refractivity contribution is 0.0727. The van der Waals surface area contributed by atoms with E-state index in [9.17, 15) is 9.59 Å². The van der Waals surface area contributed by atoms with Crippen molar-refractivity contribution in [1.29, 1.82) is 0 Å². The van der Waals surface area contributed by atoms with Gasteiger partial charge in [-0.3, -0.25) is 9.59 Å². The van der Waals surface area contributed by atoms with Crippen LogP contribution in [0, 0.1) is 0 Å². The molecule has 0 atom stereocenters. The Kier molecular flexibility index (Phi) is 4.30. The van der Waals surface area contributed by atoms with E-state index in [1.165, 1.54) is 4.68 Å². The van der Waals surface area contributed by atoms with Gasteiger partial charge in [0.1, 0.15) is 5.69 Å². The van der Waals surface area contributed by atoms with E-state index in [-0.39, 0.29) is 11.5 Å². The molecule has 7 nitrogen and oxygen atoms in total. The molecule has 1 aliphatic heterocycles. The number of carbonyl (C=O) groups excluding carboxylic acids is 1. The predicted octanol–water partition coefficient (Wildman–Crippen LogP) is 1.57. The van der Waals surface area contributed by atoms with E-state index in [1.54, 1.807) is 18.1 Å². The Morgan fingerprint density at radius 3 is 2.96 bits per heavy atom. The third-order valence-corrected chi connectivity index (χ3v) is 4.70. The Labute approximate surface area is 150 Å². The van der Waals surface area contributed by atoms with Crippen LogP contribution < -0.4 is 5.56 Å². The van der Waals surface area contributed by atoms with E-state index >= 15 is 0 Å². The van der Waals surface area contributed by atoms with Gasteiger partial charge in [-0.05, 0) is 12.1 Å². The molecule has 0 bridgehead atoms. The van der Waals surface area contributed by atoms with Gasteiger partial charge >= 0.3 is 0 Å². The highest BCUT2D eigenvalue weighted by Gasteiger charge is 2.24. The molecule has 0 aliphatic carbocycles. The molecule has 1 aromatic carbocycles. The highest BCUT2D eigenvalue weighted by atomic mass is 16.5. The molecule has 4 rings (SSSR count). The minimum atomic E-state index is -0.166. The van der Waals surface area contributed by atoms with Gasteiger partial charge in [-0.25, -0.2) is 4.68 Å². The molecule has 134 valence electrons. The lowest BCUT2D eigenvalue weighted by Gasteiger charge is -2.28. The third-order valence-electron chi connectivity index (χ3n) is 4.70. The third kappa shape index (κ3) is 3.01. The van der Waals surface area contributed by atoms with Gasteiger partial charge < -0.3 is 14.6 Å². The van der Waals surface area contributed by atoms with Crippen molar-refractivity contribution < 1.29 is 9.53 Å². The van der Waals surface area contributed by atoms with E-state index in [0.29, 0.717) is 38.4 Å². The number of nitrogens with zero attached hydrogens (tertiary/aromatic N) is 3. The second-order valence-corrected chi connectivity index (χ2v) is 6.42. The summed E-state index contributed by atoms with van der Waals surface area (Å²) in [5.74, 6) is -0.0598. The van der Waals surface area contributed by atoms with Crippen LogP contribution in [0.4, 0.5) is 0 Å². The normalized spacial score (nSPS) is 13.8. The van der Waals surface area contributed by atoms with Gasteiger partial charge in [0.05, 0.1) is 18.8 Å². The fraction of sp³-hybridized carbons (Fsp3) is 0.316. The molecule has 0 radical (unpaired) electrons. The number of nitrogens with one attached hydrogen (secondary N) is 1. The number of para-hydroxylation sites is 1. The van der Waals surface area contributed by atoms with E-state index in [2.05, 4.69) is 10.1 Å². The molecule has 26 heavy (non-hydrogen) atoms.